The first-order valence-electron chi connectivity index (χ1n) is 5.94. The summed E-state index contributed by atoms with van der Waals surface area (Å²) in [6, 6.07) is -0.432. The molecule has 1 aliphatic heterocycles. The number of likely N-dealkylation sites (tertiary alicyclic amines) is 1. The maximum atomic E-state index is 12.3. The lowest BCUT2D eigenvalue weighted by Crippen LogP contribution is -2.40. The molecule has 1 fully saturated rings. The highest BCUT2D eigenvalue weighted by molar-refractivity contribution is 5.49. The number of hydrogen-bond acceptors (Lipinski definition) is 5. The van der Waals surface area contributed by atoms with Crippen molar-refractivity contribution in [3.63, 3.8) is 0 Å². The quantitative estimate of drug-likeness (QED) is 0.790. The van der Waals surface area contributed by atoms with Crippen LogP contribution in [-0.4, -0.2) is 51.6 Å². The molecule has 9 heteroatoms. The van der Waals surface area contributed by atoms with E-state index in [1.54, 1.807) is 0 Å². The normalized spacial score (nSPS) is 22.9. The molecule has 20 heavy (non-hydrogen) atoms. The number of carbonyl (C=O) groups is 1. The summed E-state index contributed by atoms with van der Waals surface area (Å²) in [5, 5.41) is 12.4. The highest BCUT2D eigenvalue weighted by Gasteiger charge is 2.33. The Morgan fingerprint density at radius 3 is 2.65 bits per heavy atom. The number of aliphatic hydroxyl groups is 1. The fourth-order valence-electron chi connectivity index (χ4n) is 2.01. The van der Waals surface area contributed by atoms with Gasteiger partial charge >= 0.3 is 6.18 Å². The number of nitrogens with zero attached hydrogens (tertiary/aromatic N) is 3. The van der Waals surface area contributed by atoms with E-state index in [0.717, 1.165) is 0 Å². The maximum Gasteiger partial charge on any atom is 0.419 e. The summed E-state index contributed by atoms with van der Waals surface area (Å²) in [5.41, 5.74) is -0.932. The number of aliphatic hydroxyl groups excluding tert-OH is 1. The summed E-state index contributed by atoms with van der Waals surface area (Å²) < 4.78 is 37.0. The highest BCUT2D eigenvalue weighted by Crippen LogP contribution is 2.28. The maximum absolute atomic E-state index is 12.3. The van der Waals surface area contributed by atoms with Gasteiger partial charge in [0.1, 0.15) is 0 Å². The first kappa shape index (κ1) is 14.5. The third kappa shape index (κ3) is 3.16. The molecule has 1 amide bonds. The molecule has 0 unspecified atom stereocenters. The van der Waals surface area contributed by atoms with Crippen molar-refractivity contribution in [3.05, 3.63) is 18.0 Å². The van der Waals surface area contributed by atoms with E-state index in [1.807, 2.05) is 0 Å². The Morgan fingerprint density at radius 2 is 2.10 bits per heavy atom. The SMILES string of the molecule is O=CN1CC[C@H](O)[C@H]1CNc1ncc(C(F)(F)F)cn1. The van der Waals surface area contributed by atoms with E-state index in [0.29, 0.717) is 31.8 Å². The Kier molecular flexibility index (Phi) is 4.07. The number of alkyl halides is 3. The number of halogens is 3. The fraction of sp³-hybridized carbons (Fsp3) is 0.545. The summed E-state index contributed by atoms with van der Waals surface area (Å²) in [5.74, 6) is 0.0166. The summed E-state index contributed by atoms with van der Waals surface area (Å²) >= 11 is 0. The molecule has 1 aromatic rings. The number of aromatic nitrogens is 2. The van der Waals surface area contributed by atoms with Gasteiger partial charge in [0.15, 0.2) is 0 Å². The van der Waals surface area contributed by atoms with Crippen molar-refractivity contribution in [2.75, 3.05) is 18.4 Å². The van der Waals surface area contributed by atoms with Crippen LogP contribution in [-0.2, 0) is 11.0 Å². The van der Waals surface area contributed by atoms with Gasteiger partial charge in [-0.3, -0.25) is 4.79 Å². The van der Waals surface area contributed by atoms with Gasteiger partial charge in [-0.05, 0) is 6.42 Å². The molecule has 0 spiro atoms. The third-order valence-electron chi connectivity index (χ3n) is 3.14. The van der Waals surface area contributed by atoms with Crippen LogP contribution in [0.25, 0.3) is 0 Å². The summed E-state index contributed by atoms with van der Waals surface area (Å²) in [7, 11) is 0. The highest BCUT2D eigenvalue weighted by atomic mass is 19.4. The van der Waals surface area contributed by atoms with Crippen LogP contribution in [0.1, 0.15) is 12.0 Å². The van der Waals surface area contributed by atoms with Gasteiger partial charge in [0, 0.05) is 25.5 Å². The molecule has 0 aliphatic carbocycles. The second kappa shape index (κ2) is 5.61. The van der Waals surface area contributed by atoms with E-state index < -0.39 is 23.9 Å². The molecule has 2 heterocycles. The zero-order valence-electron chi connectivity index (χ0n) is 10.3. The van der Waals surface area contributed by atoms with E-state index in [9.17, 15) is 23.1 Å². The number of nitrogens with one attached hydrogen (secondary N) is 1. The average Bonchev–Trinajstić information content (AvgIpc) is 2.76. The van der Waals surface area contributed by atoms with E-state index >= 15 is 0 Å². The fourth-order valence-corrected chi connectivity index (χ4v) is 2.01. The average molecular weight is 290 g/mol. The van der Waals surface area contributed by atoms with E-state index in [1.165, 1.54) is 4.90 Å². The predicted molar refractivity (Wildman–Crippen MR) is 62.7 cm³/mol. The van der Waals surface area contributed by atoms with Gasteiger partial charge in [-0.1, -0.05) is 0 Å². The Bertz CT molecular complexity index is 466. The Morgan fingerprint density at radius 1 is 1.45 bits per heavy atom. The number of rotatable bonds is 4. The minimum Gasteiger partial charge on any atom is -0.391 e. The van der Waals surface area contributed by atoms with Gasteiger partial charge in [0.25, 0.3) is 0 Å². The lowest BCUT2D eigenvalue weighted by Gasteiger charge is -2.22. The van der Waals surface area contributed by atoms with E-state index in [4.69, 9.17) is 0 Å². The third-order valence-corrected chi connectivity index (χ3v) is 3.14. The molecule has 2 atom stereocenters. The lowest BCUT2D eigenvalue weighted by atomic mass is 10.2. The minimum absolute atomic E-state index is 0.0166. The zero-order chi connectivity index (χ0) is 14.8. The second-order valence-electron chi connectivity index (χ2n) is 4.44. The molecule has 0 bridgehead atoms. The Labute approximate surface area is 112 Å². The second-order valence-corrected chi connectivity index (χ2v) is 4.44. The van der Waals surface area contributed by atoms with E-state index in [-0.39, 0.29) is 12.5 Å². The van der Waals surface area contributed by atoms with Crippen molar-refractivity contribution in [1.82, 2.24) is 14.9 Å². The van der Waals surface area contributed by atoms with Crippen LogP contribution in [0.4, 0.5) is 19.1 Å². The minimum atomic E-state index is -4.48. The molecular formula is C11H13F3N4O2. The Balaban J connectivity index is 1.95. The summed E-state index contributed by atoms with van der Waals surface area (Å²) in [6.07, 6.45) is -2.68. The largest absolute Gasteiger partial charge is 0.419 e. The van der Waals surface area contributed by atoms with Crippen LogP contribution < -0.4 is 5.32 Å². The monoisotopic (exact) mass is 290 g/mol. The first-order valence-corrected chi connectivity index (χ1v) is 5.94. The summed E-state index contributed by atoms with van der Waals surface area (Å²) in [4.78, 5) is 19.3. The van der Waals surface area contributed by atoms with Crippen molar-refractivity contribution in [1.29, 1.82) is 0 Å². The van der Waals surface area contributed by atoms with Gasteiger partial charge in [0.05, 0.1) is 17.7 Å². The van der Waals surface area contributed by atoms with Gasteiger partial charge in [-0.15, -0.1) is 0 Å². The number of hydrogen-bond donors (Lipinski definition) is 2. The first-order chi connectivity index (χ1) is 9.41. The molecule has 0 aromatic carbocycles. The molecule has 1 aliphatic rings. The van der Waals surface area contributed by atoms with Crippen molar-refractivity contribution >= 4 is 12.4 Å². The number of amides is 1. The summed E-state index contributed by atoms with van der Waals surface area (Å²) in [6.45, 7) is 0.621. The van der Waals surface area contributed by atoms with Crippen molar-refractivity contribution < 1.29 is 23.1 Å². The molecule has 2 N–H and O–H groups in total. The molecule has 2 rings (SSSR count). The van der Waals surface area contributed by atoms with Crippen molar-refractivity contribution in [3.8, 4) is 0 Å². The van der Waals surface area contributed by atoms with Gasteiger partial charge in [0.2, 0.25) is 12.4 Å². The lowest BCUT2D eigenvalue weighted by molar-refractivity contribution is -0.138. The van der Waals surface area contributed by atoms with Gasteiger partial charge in [-0.2, -0.15) is 13.2 Å². The van der Waals surface area contributed by atoms with Crippen LogP contribution in [0.3, 0.4) is 0 Å². The van der Waals surface area contributed by atoms with Crippen molar-refractivity contribution in [2.24, 2.45) is 0 Å². The molecule has 0 radical (unpaired) electrons. The van der Waals surface area contributed by atoms with Crippen LogP contribution >= 0.6 is 0 Å². The molecule has 0 saturated carbocycles. The molecule has 110 valence electrons. The Hall–Kier alpha value is -1.90. The van der Waals surface area contributed by atoms with Gasteiger partial charge < -0.3 is 15.3 Å². The van der Waals surface area contributed by atoms with Crippen LogP contribution in [0.15, 0.2) is 12.4 Å². The smallest absolute Gasteiger partial charge is 0.391 e. The van der Waals surface area contributed by atoms with Crippen LogP contribution in [0, 0.1) is 0 Å². The number of anilines is 1. The molecule has 6 nitrogen and oxygen atoms in total. The topological polar surface area (TPSA) is 78.4 Å². The molecule has 1 aromatic heterocycles. The predicted octanol–water partition coefficient (Wildman–Crippen LogP) is 0.499. The van der Waals surface area contributed by atoms with Crippen LogP contribution in [0.5, 0.6) is 0 Å². The number of carbonyl (C=O) groups excluding carboxylic acids is 1. The van der Waals surface area contributed by atoms with Crippen molar-refractivity contribution in [2.45, 2.75) is 24.7 Å². The molecule has 1 saturated heterocycles. The van der Waals surface area contributed by atoms with E-state index in [2.05, 4.69) is 15.3 Å². The standard InChI is InChI=1S/C11H13F3N4O2/c12-11(13,14)7-3-15-10(16-4-7)17-5-8-9(20)1-2-18(8)6-19/h3-4,6,8-9,20H,1-2,5H2,(H,15,16,17)/t8-,9+/m1/s1. The van der Waals surface area contributed by atoms with Gasteiger partial charge in [-0.25, -0.2) is 9.97 Å². The van der Waals surface area contributed by atoms with Crippen LogP contribution in [0.2, 0.25) is 0 Å². The zero-order valence-corrected chi connectivity index (χ0v) is 10.3. The molecular weight excluding hydrogens is 277 g/mol.